The molecule has 1 rings (SSSR count). The second-order valence-electron chi connectivity index (χ2n) is 2.96. The van der Waals surface area contributed by atoms with Crippen LogP contribution in [0.5, 0.6) is 0 Å². The van der Waals surface area contributed by atoms with Crippen LogP contribution in [-0.4, -0.2) is 30.5 Å². The minimum Gasteiger partial charge on any atom is -0.478 e. The number of benzene rings is 1. The van der Waals surface area contributed by atoms with Crippen molar-refractivity contribution in [3.63, 3.8) is 0 Å². The van der Waals surface area contributed by atoms with E-state index in [4.69, 9.17) is 16.7 Å². The summed E-state index contributed by atoms with van der Waals surface area (Å²) in [6.07, 6.45) is 0. The molecule has 1 aromatic carbocycles. The van der Waals surface area contributed by atoms with Gasteiger partial charge in [0.2, 0.25) is 0 Å². The Bertz CT molecular complexity index is 310. The number of aromatic carboxylic acids is 1. The lowest BCUT2D eigenvalue weighted by molar-refractivity contribution is 0.0697. The largest absolute Gasteiger partial charge is 0.478 e. The molecular formula is C10H12ClNO2. The molecule has 0 aromatic heterocycles. The summed E-state index contributed by atoms with van der Waals surface area (Å²) in [5.74, 6) is -0.353. The average molecular weight is 214 g/mol. The summed E-state index contributed by atoms with van der Waals surface area (Å²) in [6, 6.07) is 6.72. The highest BCUT2D eigenvalue weighted by Crippen LogP contribution is 2.13. The summed E-state index contributed by atoms with van der Waals surface area (Å²) in [6.45, 7) is 0.744. The van der Waals surface area contributed by atoms with Gasteiger partial charge in [-0.05, 0) is 24.3 Å². The number of carbonyl (C=O) groups is 1. The molecule has 3 nitrogen and oxygen atoms in total. The van der Waals surface area contributed by atoms with E-state index in [9.17, 15) is 4.79 Å². The van der Waals surface area contributed by atoms with Crippen molar-refractivity contribution < 1.29 is 9.90 Å². The van der Waals surface area contributed by atoms with Crippen molar-refractivity contribution >= 4 is 23.3 Å². The van der Waals surface area contributed by atoms with E-state index in [0.29, 0.717) is 11.4 Å². The Labute approximate surface area is 87.9 Å². The van der Waals surface area contributed by atoms with Crippen LogP contribution in [0.1, 0.15) is 10.4 Å². The smallest absolute Gasteiger partial charge is 0.335 e. The highest BCUT2D eigenvalue weighted by atomic mass is 35.5. The van der Waals surface area contributed by atoms with Gasteiger partial charge in [0.25, 0.3) is 0 Å². The number of halogens is 1. The zero-order valence-corrected chi connectivity index (χ0v) is 8.66. The summed E-state index contributed by atoms with van der Waals surface area (Å²) in [7, 11) is 1.91. The molecule has 0 heterocycles. The molecule has 0 radical (unpaired) electrons. The first-order valence-corrected chi connectivity index (χ1v) is 4.79. The SMILES string of the molecule is CN(CCCl)c1ccc(C(=O)O)cc1. The summed E-state index contributed by atoms with van der Waals surface area (Å²) in [5, 5.41) is 8.68. The van der Waals surface area contributed by atoms with E-state index >= 15 is 0 Å². The van der Waals surface area contributed by atoms with E-state index in [2.05, 4.69) is 0 Å². The predicted molar refractivity (Wildman–Crippen MR) is 57.4 cm³/mol. The topological polar surface area (TPSA) is 40.5 Å². The molecule has 0 saturated carbocycles. The number of rotatable bonds is 4. The van der Waals surface area contributed by atoms with Gasteiger partial charge in [-0.3, -0.25) is 0 Å². The number of alkyl halides is 1. The maximum absolute atomic E-state index is 10.6. The molecule has 0 aliphatic heterocycles. The minimum atomic E-state index is -0.906. The molecule has 4 heteroatoms. The van der Waals surface area contributed by atoms with Crippen molar-refractivity contribution in [2.75, 3.05) is 24.4 Å². The highest BCUT2D eigenvalue weighted by Gasteiger charge is 2.03. The molecule has 1 N–H and O–H groups in total. The molecule has 0 aliphatic carbocycles. The standard InChI is InChI=1S/C10H12ClNO2/c1-12(7-6-11)9-4-2-8(3-5-9)10(13)14/h2-5H,6-7H2,1H3,(H,13,14). The second-order valence-corrected chi connectivity index (χ2v) is 3.34. The van der Waals surface area contributed by atoms with E-state index in [1.807, 2.05) is 11.9 Å². The highest BCUT2D eigenvalue weighted by molar-refractivity contribution is 6.18. The number of nitrogens with zero attached hydrogens (tertiary/aromatic N) is 1. The maximum atomic E-state index is 10.6. The van der Waals surface area contributed by atoms with Gasteiger partial charge >= 0.3 is 5.97 Å². The lowest BCUT2D eigenvalue weighted by Gasteiger charge is -2.17. The summed E-state index contributed by atoms with van der Waals surface area (Å²) in [5.41, 5.74) is 1.27. The number of carboxylic acid groups (broad SMARTS) is 1. The first kappa shape index (κ1) is 10.9. The van der Waals surface area contributed by atoms with Crippen LogP contribution in [0.2, 0.25) is 0 Å². The van der Waals surface area contributed by atoms with Crippen LogP contribution < -0.4 is 4.90 Å². The molecule has 0 fully saturated rings. The van der Waals surface area contributed by atoms with Gasteiger partial charge in [0.05, 0.1) is 5.56 Å². The number of anilines is 1. The normalized spacial score (nSPS) is 9.86. The third-order valence-corrected chi connectivity index (χ3v) is 2.14. The van der Waals surface area contributed by atoms with Crippen molar-refractivity contribution in [1.82, 2.24) is 0 Å². The van der Waals surface area contributed by atoms with E-state index in [1.165, 1.54) is 0 Å². The van der Waals surface area contributed by atoms with Crippen LogP contribution in [0.15, 0.2) is 24.3 Å². The molecule has 0 bridgehead atoms. The third-order valence-electron chi connectivity index (χ3n) is 1.97. The van der Waals surface area contributed by atoms with Crippen molar-refractivity contribution in [3.05, 3.63) is 29.8 Å². The van der Waals surface area contributed by atoms with Gasteiger partial charge in [-0.25, -0.2) is 4.79 Å². The fraction of sp³-hybridized carbons (Fsp3) is 0.300. The molecule has 0 unspecified atom stereocenters. The predicted octanol–water partition coefficient (Wildman–Crippen LogP) is 2.06. The Morgan fingerprint density at radius 2 is 2.00 bits per heavy atom. The van der Waals surface area contributed by atoms with Gasteiger partial charge in [0, 0.05) is 25.2 Å². The first-order chi connectivity index (χ1) is 6.65. The Balaban J connectivity index is 2.77. The molecule has 14 heavy (non-hydrogen) atoms. The summed E-state index contributed by atoms with van der Waals surface area (Å²) >= 11 is 5.59. The van der Waals surface area contributed by atoms with Crippen molar-refractivity contribution in [2.24, 2.45) is 0 Å². The fourth-order valence-electron chi connectivity index (χ4n) is 1.11. The van der Waals surface area contributed by atoms with Gasteiger partial charge in [0.1, 0.15) is 0 Å². The van der Waals surface area contributed by atoms with Crippen LogP contribution in [0.25, 0.3) is 0 Å². The zero-order chi connectivity index (χ0) is 10.6. The van der Waals surface area contributed by atoms with Gasteiger partial charge in [-0.15, -0.1) is 11.6 Å². The third kappa shape index (κ3) is 2.64. The molecule has 0 saturated heterocycles. The molecule has 0 amide bonds. The van der Waals surface area contributed by atoms with Crippen LogP contribution in [0.3, 0.4) is 0 Å². The Kier molecular flexibility index (Phi) is 3.77. The van der Waals surface area contributed by atoms with Crippen molar-refractivity contribution in [1.29, 1.82) is 0 Å². The average Bonchev–Trinajstić information content (AvgIpc) is 2.18. The van der Waals surface area contributed by atoms with E-state index in [-0.39, 0.29) is 0 Å². The van der Waals surface area contributed by atoms with Gasteiger partial charge < -0.3 is 10.0 Å². The molecule has 0 atom stereocenters. The van der Waals surface area contributed by atoms with Gasteiger partial charge in [0.15, 0.2) is 0 Å². The van der Waals surface area contributed by atoms with Crippen molar-refractivity contribution in [2.45, 2.75) is 0 Å². The van der Waals surface area contributed by atoms with Gasteiger partial charge in [-0.1, -0.05) is 0 Å². The lowest BCUT2D eigenvalue weighted by atomic mass is 10.2. The van der Waals surface area contributed by atoms with E-state index in [1.54, 1.807) is 24.3 Å². The number of carboxylic acids is 1. The van der Waals surface area contributed by atoms with E-state index in [0.717, 1.165) is 12.2 Å². The van der Waals surface area contributed by atoms with Gasteiger partial charge in [-0.2, -0.15) is 0 Å². The number of hydrogen-bond donors (Lipinski definition) is 1. The monoisotopic (exact) mass is 213 g/mol. The molecule has 76 valence electrons. The second kappa shape index (κ2) is 4.86. The van der Waals surface area contributed by atoms with Crippen LogP contribution >= 0.6 is 11.6 Å². The number of hydrogen-bond acceptors (Lipinski definition) is 2. The van der Waals surface area contributed by atoms with Crippen LogP contribution in [0.4, 0.5) is 5.69 Å². The summed E-state index contributed by atoms with van der Waals surface area (Å²) < 4.78 is 0. The quantitative estimate of drug-likeness (QED) is 0.779. The fourth-order valence-corrected chi connectivity index (χ4v) is 1.37. The zero-order valence-electron chi connectivity index (χ0n) is 7.90. The molecule has 0 spiro atoms. The molecule has 0 aliphatic rings. The first-order valence-electron chi connectivity index (χ1n) is 4.25. The Morgan fingerprint density at radius 3 is 2.43 bits per heavy atom. The molecular weight excluding hydrogens is 202 g/mol. The maximum Gasteiger partial charge on any atom is 0.335 e. The Hall–Kier alpha value is -1.22. The van der Waals surface area contributed by atoms with Crippen LogP contribution in [0, 0.1) is 0 Å². The lowest BCUT2D eigenvalue weighted by Crippen LogP contribution is -2.19. The molecule has 1 aromatic rings. The minimum absolute atomic E-state index is 0.299. The summed E-state index contributed by atoms with van der Waals surface area (Å²) in [4.78, 5) is 12.5. The van der Waals surface area contributed by atoms with E-state index < -0.39 is 5.97 Å². The Morgan fingerprint density at radius 1 is 1.43 bits per heavy atom. The van der Waals surface area contributed by atoms with Crippen molar-refractivity contribution in [3.8, 4) is 0 Å². The van der Waals surface area contributed by atoms with Crippen LogP contribution in [-0.2, 0) is 0 Å².